The maximum absolute atomic E-state index is 11.9. The molecule has 28 heavy (non-hydrogen) atoms. The number of benzene rings is 2. The minimum absolute atomic E-state index is 0.0876. The second-order valence-corrected chi connectivity index (χ2v) is 7.51. The number of carbonyl (C=O) groups excluding carboxylic acids is 1. The molecule has 0 aliphatic carbocycles. The van der Waals surface area contributed by atoms with Gasteiger partial charge in [0.2, 0.25) is 11.8 Å². The van der Waals surface area contributed by atoms with Gasteiger partial charge in [-0.25, -0.2) is 4.98 Å². The Balaban J connectivity index is 1.69. The molecule has 0 spiro atoms. The number of amides is 1. The van der Waals surface area contributed by atoms with E-state index in [1.54, 1.807) is 30.3 Å². The second kappa shape index (κ2) is 9.37. The van der Waals surface area contributed by atoms with Crippen LogP contribution in [0, 0.1) is 0 Å². The van der Waals surface area contributed by atoms with Crippen molar-refractivity contribution in [1.29, 1.82) is 0 Å². The van der Waals surface area contributed by atoms with E-state index < -0.39 is 0 Å². The number of nitrogens with one attached hydrogen (secondary N) is 2. The predicted octanol–water partition coefficient (Wildman–Crippen LogP) is 6.19. The summed E-state index contributed by atoms with van der Waals surface area (Å²) in [6.45, 7) is 2.09. The number of hydrogen-bond acceptors (Lipinski definition) is 4. The van der Waals surface area contributed by atoms with Gasteiger partial charge in [0, 0.05) is 17.7 Å². The Bertz CT molecular complexity index is 1020. The van der Waals surface area contributed by atoms with Gasteiger partial charge in [-0.3, -0.25) is 4.79 Å². The lowest BCUT2D eigenvalue weighted by Crippen LogP contribution is -2.33. The summed E-state index contributed by atoms with van der Waals surface area (Å²) in [7, 11) is 0. The third-order valence-corrected chi connectivity index (χ3v) is 5.02. The molecule has 0 unspecified atom stereocenters. The summed E-state index contributed by atoms with van der Waals surface area (Å²) in [6.07, 6.45) is 3.41. The first-order valence-electron chi connectivity index (χ1n) is 8.93. The third-order valence-electron chi connectivity index (χ3n) is 4.07. The van der Waals surface area contributed by atoms with Crippen molar-refractivity contribution in [3.63, 3.8) is 0 Å². The fourth-order valence-electron chi connectivity index (χ4n) is 2.64. The Kier molecular flexibility index (Phi) is 6.88. The molecule has 3 rings (SSSR count). The van der Waals surface area contributed by atoms with E-state index in [-0.39, 0.29) is 11.0 Å². The molecule has 1 aromatic heterocycles. The fourth-order valence-corrected chi connectivity index (χ4v) is 3.17. The van der Waals surface area contributed by atoms with Crippen molar-refractivity contribution in [2.75, 3.05) is 5.32 Å². The molecule has 2 N–H and O–H groups in total. The van der Waals surface area contributed by atoms with Crippen LogP contribution in [0.1, 0.15) is 32.6 Å². The fraction of sp³-hybridized carbons (Fsp3) is 0.250. The molecule has 0 atom stereocenters. The van der Waals surface area contributed by atoms with Crippen molar-refractivity contribution in [2.45, 2.75) is 32.6 Å². The summed E-state index contributed by atoms with van der Waals surface area (Å²) < 4.78 is 5.79. The van der Waals surface area contributed by atoms with Gasteiger partial charge in [0.05, 0.1) is 10.0 Å². The molecule has 3 aromatic rings. The average molecular weight is 436 g/mol. The standard InChI is InChI=1S/C20H19Cl2N3O2S/c1-2-3-4-5-18(26)25-20(28)23-13-7-9-17-16(11-13)24-19(27-17)12-6-8-14(21)15(22)10-12/h6-11H,2-5H2,1H3,(H2,23,25,26,28). The predicted molar refractivity (Wildman–Crippen MR) is 118 cm³/mol. The van der Waals surface area contributed by atoms with Crippen molar-refractivity contribution in [3.05, 3.63) is 46.4 Å². The number of nitrogens with zero attached hydrogens (tertiary/aromatic N) is 1. The monoisotopic (exact) mass is 435 g/mol. The quantitative estimate of drug-likeness (QED) is 0.356. The number of anilines is 1. The average Bonchev–Trinajstić information content (AvgIpc) is 3.07. The summed E-state index contributed by atoms with van der Waals surface area (Å²) in [6, 6.07) is 10.6. The number of halogens is 2. The summed E-state index contributed by atoms with van der Waals surface area (Å²) in [5, 5.41) is 6.85. The first-order valence-corrected chi connectivity index (χ1v) is 10.1. The maximum atomic E-state index is 11.9. The number of thiocarbonyl (C=S) groups is 1. The number of fused-ring (bicyclic) bond motifs is 1. The zero-order chi connectivity index (χ0) is 20.1. The van der Waals surface area contributed by atoms with E-state index in [9.17, 15) is 4.79 Å². The van der Waals surface area contributed by atoms with Crippen LogP contribution in [0.25, 0.3) is 22.6 Å². The zero-order valence-corrected chi connectivity index (χ0v) is 17.5. The number of oxazole rings is 1. The lowest BCUT2D eigenvalue weighted by Gasteiger charge is -2.09. The highest BCUT2D eigenvalue weighted by atomic mass is 35.5. The highest BCUT2D eigenvalue weighted by molar-refractivity contribution is 7.80. The highest BCUT2D eigenvalue weighted by Gasteiger charge is 2.11. The number of aromatic nitrogens is 1. The van der Waals surface area contributed by atoms with Crippen LogP contribution in [-0.4, -0.2) is 16.0 Å². The minimum atomic E-state index is -0.0876. The molecule has 0 aliphatic rings. The molecule has 146 valence electrons. The van der Waals surface area contributed by atoms with Crippen molar-refractivity contribution >= 4 is 63.2 Å². The van der Waals surface area contributed by atoms with Crippen LogP contribution in [0.4, 0.5) is 5.69 Å². The first-order chi connectivity index (χ1) is 13.5. The van der Waals surface area contributed by atoms with Gasteiger partial charge in [-0.05, 0) is 55.0 Å². The Morgan fingerprint density at radius 1 is 1.14 bits per heavy atom. The smallest absolute Gasteiger partial charge is 0.227 e. The number of rotatable bonds is 6. The van der Waals surface area contributed by atoms with E-state index >= 15 is 0 Å². The van der Waals surface area contributed by atoms with E-state index in [0.717, 1.165) is 24.8 Å². The van der Waals surface area contributed by atoms with E-state index in [4.69, 9.17) is 39.8 Å². The van der Waals surface area contributed by atoms with Crippen LogP contribution in [0.2, 0.25) is 10.0 Å². The van der Waals surface area contributed by atoms with Crippen molar-refractivity contribution in [1.82, 2.24) is 10.3 Å². The van der Waals surface area contributed by atoms with E-state index in [1.807, 2.05) is 6.07 Å². The van der Waals surface area contributed by atoms with E-state index in [0.29, 0.717) is 39.1 Å². The Morgan fingerprint density at radius 2 is 1.96 bits per heavy atom. The molecule has 0 aliphatic heterocycles. The van der Waals surface area contributed by atoms with Crippen LogP contribution >= 0.6 is 35.4 Å². The zero-order valence-electron chi connectivity index (χ0n) is 15.2. The SMILES string of the molecule is CCCCCC(=O)NC(=S)Nc1ccc2oc(-c3ccc(Cl)c(Cl)c3)nc2c1. The lowest BCUT2D eigenvalue weighted by molar-refractivity contribution is -0.119. The first kappa shape index (κ1) is 20.6. The summed E-state index contributed by atoms with van der Waals surface area (Å²) in [5.74, 6) is 0.355. The van der Waals surface area contributed by atoms with Gasteiger partial charge in [0.15, 0.2) is 10.7 Å². The number of carbonyl (C=O) groups is 1. The van der Waals surface area contributed by atoms with Crippen LogP contribution in [-0.2, 0) is 4.79 Å². The molecule has 0 saturated heterocycles. The molecule has 1 amide bonds. The maximum Gasteiger partial charge on any atom is 0.227 e. The second-order valence-electron chi connectivity index (χ2n) is 6.29. The van der Waals surface area contributed by atoms with E-state index in [1.165, 1.54) is 0 Å². The molecule has 0 saturated carbocycles. The van der Waals surface area contributed by atoms with Gasteiger partial charge in [-0.1, -0.05) is 43.0 Å². The van der Waals surface area contributed by atoms with Gasteiger partial charge in [-0.2, -0.15) is 0 Å². The normalized spacial score (nSPS) is 10.8. The molecular weight excluding hydrogens is 417 g/mol. The molecule has 0 radical (unpaired) electrons. The lowest BCUT2D eigenvalue weighted by atomic mass is 10.2. The Morgan fingerprint density at radius 3 is 2.71 bits per heavy atom. The topological polar surface area (TPSA) is 67.2 Å². The van der Waals surface area contributed by atoms with E-state index in [2.05, 4.69) is 22.5 Å². The van der Waals surface area contributed by atoms with Crippen LogP contribution in [0.3, 0.4) is 0 Å². The largest absolute Gasteiger partial charge is 0.436 e. The van der Waals surface area contributed by atoms with Crippen LogP contribution in [0.5, 0.6) is 0 Å². The van der Waals surface area contributed by atoms with Gasteiger partial charge in [0.25, 0.3) is 0 Å². The van der Waals surface area contributed by atoms with Gasteiger partial charge in [0.1, 0.15) is 5.52 Å². The Labute approximate surface area is 178 Å². The van der Waals surface area contributed by atoms with Crippen molar-refractivity contribution in [2.24, 2.45) is 0 Å². The molecule has 0 fully saturated rings. The van der Waals surface area contributed by atoms with Gasteiger partial charge >= 0.3 is 0 Å². The summed E-state index contributed by atoms with van der Waals surface area (Å²) in [4.78, 5) is 16.3. The van der Waals surface area contributed by atoms with Gasteiger partial charge in [-0.15, -0.1) is 0 Å². The van der Waals surface area contributed by atoms with Crippen LogP contribution < -0.4 is 10.6 Å². The third kappa shape index (κ3) is 5.22. The number of unbranched alkanes of at least 4 members (excludes halogenated alkanes) is 2. The van der Waals surface area contributed by atoms with Gasteiger partial charge < -0.3 is 15.1 Å². The molecule has 2 aromatic carbocycles. The van der Waals surface area contributed by atoms with Crippen LogP contribution in [0.15, 0.2) is 40.8 Å². The molecule has 0 bridgehead atoms. The highest BCUT2D eigenvalue weighted by Crippen LogP contribution is 2.30. The van der Waals surface area contributed by atoms with Crippen molar-refractivity contribution < 1.29 is 9.21 Å². The summed E-state index contributed by atoms with van der Waals surface area (Å²) >= 11 is 17.2. The molecule has 1 heterocycles. The number of hydrogen-bond donors (Lipinski definition) is 2. The molecule has 8 heteroatoms. The Hall–Kier alpha value is -2.15. The van der Waals surface area contributed by atoms with Crippen molar-refractivity contribution in [3.8, 4) is 11.5 Å². The molecular formula is C20H19Cl2N3O2S. The molecule has 5 nitrogen and oxygen atoms in total. The summed E-state index contributed by atoms with van der Waals surface area (Å²) in [5.41, 5.74) is 2.72. The minimum Gasteiger partial charge on any atom is -0.436 e.